The molecule has 2 aromatic rings. The minimum Gasteiger partial charge on any atom is -0.373 e. The van der Waals surface area contributed by atoms with E-state index < -0.39 is 0 Å². The van der Waals surface area contributed by atoms with Gasteiger partial charge < -0.3 is 10.6 Å². The lowest BCUT2D eigenvalue weighted by atomic mass is 10.2. The average molecular weight is 259 g/mol. The zero-order chi connectivity index (χ0) is 13.8. The molecule has 0 aromatic carbocycles. The highest BCUT2D eigenvalue weighted by Crippen LogP contribution is 2.07. The first-order valence-corrected chi connectivity index (χ1v) is 6.01. The van der Waals surface area contributed by atoms with Gasteiger partial charge in [-0.1, -0.05) is 0 Å². The van der Waals surface area contributed by atoms with Crippen molar-refractivity contribution in [2.75, 3.05) is 12.4 Å². The molecule has 2 heterocycles. The van der Waals surface area contributed by atoms with Crippen molar-refractivity contribution >= 4 is 11.7 Å². The molecule has 0 radical (unpaired) electrons. The van der Waals surface area contributed by atoms with Gasteiger partial charge in [0.1, 0.15) is 5.82 Å². The lowest BCUT2D eigenvalue weighted by Crippen LogP contribution is -2.24. The van der Waals surface area contributed by atoms with Crippen molar-refractivity contribution in [3.63, 3.8) is 0 Å². The molecule has 1 amide bonds. The molecule has 2 rings (SSSR count). The Morgan fingerprint density at radius 1 is 1.42 bits per heavy atom. The number of aromatic nitrogens is 3. The van der Waals surface area contributed by atoms with Crippen LogP contribution in [-0.4, -0.2) is 27.7 Å². The number of nitrogens with zero attached hydrogens (tertiary/aromatic N) is 3. The van der Waals surface area contributed by atoms with E-state index in [1.54, 1.807) is 30.1 Å². The highest BCUT2D eigenvalue weighted by atomic mass is 16.1. The first kappa shape index (κ1) is 13.1. The van der Waals surface area contributed by atoms with E-state index in [1.807, 2.05) is 20.0 Å². The highest BCUT2D eigenvalue weighted by molar-refractivity contribution is 5.94. The molecule has 0 bridgehead atoms. The minimum atomic E-state index is -0.127. The molecule has 6 heteroatoms. The Hall–Kier alpha value is -2.37. The molecule has 2 N–H and O–H groups in total. The van der Waals surface area contributed by atoms with Crippen LogP contribution in [0.1, 0.15) is 21.7 Å². The van der Waals surface area contributed by atoms with Gasteiger partial charge in [-0.05, 0) is 25.1 Å². The molecule has 0 unspecified atom stereocenters. The van der Waals surface area contributed by atoms with Crippen molar-refractivity contribution in [1.29, 1.82) is 0 Å². The Morgan fingerprint density at radius 2 is 2.21 bits per heavy atom. The Morgan fingerprint density at radius 3 is 2.84 bits per heavy atom. The van der Waals surface area contributed by atoms with Crippen LogP contribution in [-0.2, 0) is 13.6 Å². The SMILES string of the molecule is CNc1cc(C(=O)NCc2cc(C)nn2C)ccn1. The Bertz CT molecular complexity index is 590. The summed E-state index contributed by atoms with van der Waals surface area (Å²) < 4.78 is 1.77. The Kier molecular flexibility index (Phi) is 3.79. The number of amides is 1. The molecule has 0 saturated heterocycles. The molecule has 100 valence electrons. The zero-order valence-electron chi connectivity index (χ0n) is 11.3. The number of aryl methyl sites for hydroxylation is 2. The van der Waals surface area contributed by atoms with E-state index in [0.717, 1.165) is 11.4 Å². The standard InChI is InChI=1S/C13H17N5O/c1-9-6-11(18(3)17-9)8-16-13(19)10-4-5-15-12(7-10)14-2/h4-7H,8H2,1-3H3,(H,14,15)(H,16,19). The largest absolute Gasteiger partial charge is 0.373 e. The van der Waals surface area contributed by atoms with Gasteiger partial charge in [-0.3, -0.25) is 9.48 Å². The summed E-state index contributed by atoms with van der Waals surface area (Å²) in [6, 6.07) is 5.35. The molecule has 0 aliphatic carbocycles. The normalized spacial score (nSPS) is 10.3. The van der Waals surface area contributed by atoms with Crippen LogP contribution < -0.4 is 10.6 Å². The number of nitrogens with one attached hydrogen (secondary N) is 2. The molecular formula is C13H17N5O. The minimum absolute atomic E-state index is 0.127. The second kappa shape index (κ2) is 5.51. The lowest BCUT2D eigenvalue weighted by Gasteiger charge is -2.06. The summed E-state index contributed by atoms with van der Waals surface area (Å²) in [5, 5.41) is 10.0. The van der Waals surface area contributed by atoms with E-state index in [-0.39, 0.29) is 5.91 Å². The number of carbonyl (C=O) groups is 1. The molecule has 6 nitrogen and oxygen atoms in total. The summed E-state index contributed by atoms with van der Waals surface area (Å²) in [5.41, 5.74) is 2.49. The quantitative estimate of drug-likeness (QED) is 0.862. The van der Waals surface area contributed by atoms with Crippen molar-refractivity contribution < 1.29 is 4.79 Å². The van der Waals surface area contributed by atoms with Crippen molar-refractivity contribution in [1.82, 2.24) is 20.1 Å². The summed E-state index contributed by atoms with van der Waals surface area (Å²) >= 11 is 0. The molecule has 0 fully saturated rings. The van der Waals surface area contributed by atoms with E-state index in [9.17, 15) is 4.79 Å². The summed E-state index contributed by atoms with van der Waals surface area (Å²) in [5.74, 6) is 0.543. The number of rotatable bonds is 4. The second-order valence-electron chi connectivity index (χ2n) is 4.26. The molecule has 0 saturated carbocycles. The van der Waals surface area contributed by atoms with Crippen molar-refractivity contribution in [2.24, 2.45) is 7.05 Å². The predicted molar refractivity (Wildman–Crippen MR) is 72.9 cm³/mol. The van der Waals surface area contributed by atoms with E-state index >= 15 is 0 Å². The average Bonchev–Trinajstić information content (AvgIpc) is 2.74. The number of pyridine rings is 1. The van der Waals surface area contributed by atoms with E-state index in [4.69, 9.17) is 0 Å². The van der Waals surface area contributed by atoms with Crippen LogP contribution >= 0.6 is 0 Å². The Balaban J connectivity index is 2.03. The maximum atomic E-state index is 12.0. The highest BCUT2D eigenvalue weighted by Gasteiger charge is 2.08. The third-order valence-electron chi connectivity index (χ3n) is 2.81. The van der Waals surface area contributed by atoms with Gasteiger partial charge in [0.25, 0.3) is 5.91 Å². The van der Waals surface area contributed by atoms with Crippen LogP contribution in [0.3, 0.4) is 0 Å². The molecule has 2 aromatic heterocycles. The second-order valence-corrected chi connectivity index (χ2v) is 4.26. The fourth-order valence-electron chi connectivity index (χ4n) is 1.81. The van der Waals surface area contributed by atoms with Gasteiger partial charge in [-0.25, -0.2) is 4.98 Å². The Labute approximate surface area is 111 Å². The molecule has 0 aliphatic rings. The van der Waals surface area contributed by atoms with E-state index in [1.165, 1.54) is 0 Å². The van der Waals surface area contributed by atoms with Crippen LogP contribution in [0.25, 0.3) is 0 Å². The van der Waals surface area contributed by atoms with Gasteiger partial charge in [0.15, 0.2) is 0 Å². The van der Waals surface area contributed by atoms with Crippen molar-refractivity contribution in [3.8, 4) is 0 Å². The van der Waals surface area contributed by atoms with Crippen LogP contribution in [0.15, 0.2) is 24.4 Å². The van der Waals surface area contributed by atoms with E-state index in [0.29, 0.717) is 17.9 Å². The smallest absolute Gasteiger partial charge is 0.251 e. The van der Waals surface area contributed by atoms with Crippen molar-refractivity contribution in [3.05, 3.63) is 41.3 Å². The van der Waals surface area contributed by atoms with Gasteiger partial charge in [0.05, 0.1) is 17.9 Å². The van der Waals surface area contributed by atoms with Gasteiger partial charge in [0, 0.05) is 25.9 Å². The number of hydrogen-bond donors (Lipinski definition) is 2. The zero-order valence-corrected chi connectivity index (χ0v) is 11.3. The van der Waals surface area contributed by atoms with Crippen LogP contribution in [0.2, 0.25) is 0 Å². The molecular weight excluding hydrogens is 242 g/mol. The monoisotopic (exact) mass is 259 g/mol. The van der Waals surface area contributed by atoms with E-state index in [2.05, 4.69) is 20.7 Å². The summed E-state index contributed by atoms with van der Waals surface area (Å²) in [6.07, 6.45) is 1.61. The molecule has 0 spiro atoms. The van der Waals surface area contributed by atoms with Crippen molar-refractivity contribution in [2.45, 2.75) is 13.5 Å². The lowest BCUT2D eigenvalue weighted by molar-refractivity contribution is 0.0950. The maximum Gasteiger partial charge on any atom is 0.251 e. The molecule has 0 atom stereocenters. The number of anilines is 1. The van der Waals surface area contributed by atoms with Crippen LogP contribution in [0.4, 0.5) is 5.82 Å². The molecule has 0 aliphatic heterocycles. The van der Waals surface area contributed by atoms with Crippen LogP contribution in [0.5, 0.6) is 0 Å². The summed E-state index contributed by atoms with van der Waals surface area (Å²) in [7, 11) is 3.63. The van der Waals surface area contributed by atoms with Gasteiger partial charge in [-0.2, -0.15) is 5.10 Å². The first-order valence-electron chi connectivity index (χ1n) is 6.01. The summed E-state index contributed by atoms with van der Waals surface area (Å²) in [4.78, 5) is 16.1. The fourth-order valence-corrected chi connectivity index (χ4v) is 1.81. The van der Waals surface area contributed by atoms with Gasteiger partial charge in [0.2, 0.25) is 0 Å². The first-order chi connectivity index (χ1) is 9.10. The number of carbonyl (C=O) groups excluding carboxylic acids is 1. The third kappa shape index (κ3) is 3.09. The van der Waals surface area contributed by atoms with Gasteiger partial charge >= 0.3 is 0 Å². The third-order valence-corrected chi connectivity index (χ3v) is 2.81. The van der Waals surface area contributed by atoms with Gasteiger partial charge in [-0.15, -0.1) is 0 Å². The fraction of sp³-hybridized carbons (Fsp3) is 0.308. The topological polar surface area (TPSA) is 71.8 Å². The maximum absolute atomic E-state index is 12.0. The molecule has 19 heavy (non-hydrogen) atoms. The van der Waals surface area contributed by atoms with Crippen LogP contribution in [0, 0.1) is 6.92 Å². The predicted octanol–water partition coefficient (Wildman–Crippen LogP) is 1.10. The summed E-state index contributed by atoms with van der Waals surface area (Å²) in [6.45, 7) is 2.38. The number of hydrogen-bond acceptors (Lipinski definition) is 4.